The highest BCUT2D eigenvalue weighted by molar-refractivity contribution is 9.10. The first-order chi connectivity index (χ1) is 9.82. The van der Waals surface area contributed by atoms with E-state index in [9.17, 15) is 4.39 Å². The second-order valence-corrected chi connectivity index (χ2v) is 7.63. The van der Waals surface area contributed by atoms with Gasteiger partial charge in [0.05, 0.1) is 0 Å². The Morgan fingerprint density at radius 1 is 1.29 bits per heavy atom. The predicted octanol–water partition coefficient (Wildman–Crippen LogP) is 4.33. The minimum Gasteiger partial charge on any atom is -0.308 e. The molecule has 1 aromatic rings. The van der Waals surface area contributed by atoms with E-state index in [0.29, 0.717) is 6.54 Å². The number of piperazine rings is 1. The molecule has 118 valence electrons. The summed E-state index contributed by atoms with van der Waals surface area (Å²) in [5.41, 5.74) is 0.965. The lowest BCUT2D eigenvalue weighted by Gasteiger charge is -2.52. The fraction of sp³-hybridized carbons (Fsp3) is 0.647. The molecule has 1 heterocycles. The van der Waals surface area contributed by atoms with E-state index in [2.05, 4.69) is 53.8 Å². The Morgan fingerprint density at radius 3 is 2.57 bits per heavy atom. The van der Waals surface area contributed by atoms with Crippen molar-refractivity contribution in [3.05, 3.63) is 34.1 Å². The van der Waals surface area contributed by atoms with Gasteiger partial charge in [0.25, 0.3) is 0 Å². The third-order valence-corrected chi connectivity index (χ3v) is 5.61. The topological polar surface area (TPSA) is 15.3 Å². The molecule has 1 aliphatic rings. The van der Waals surface area contributed by atoms with Crippen molar-refractivity contribution in [2.24, 2.45) is 0 Å². The van der Waals surface area contributed by atoms with Crippen molar-refractivity contribution < 1.29 is 4.39 Å². The van der Waals surface area contributed by atoms with Gasteiger partial charge in [0, 0.05) is 40.7 Å². The second-order valence-electron chi connectivity index (χ2n) is 6.71. The van der Waals surface area contributed by atoms with Crippen molar-refractivity contribution in [3.63, 3.8) is 0 Å². The first kappa shape index (κ1) is 16.9. The van der Waals surface area contributed by atoms with E-state index in [-0.39, 0.29) is 16.9 Å². The van der Waals surface area contributed by atoms with Crippen LogP contribution in [0.1, 0.15) is 46.1 Å². The van der Waals surface area contributed by atoms with Gasteiger partial charge >= 0.3 is 0 Å². The number of halogens is 2. The van der Waals surface area contributed by atoms with Gasteiger partial charge in [0.15, 0.2) is 0 Å². The molecule has 21 heavy (non-hydrogen) atoms. The highest BCUT2D eigenvalue weighted by Crippen LogP contribution is 2.30. The molecule has 0 saturated carbocycles. The maximum Gasteiger partial charge on any atom is 0.128 e. The number of nitrogens with zero attached hydrogens (tertiary/aromatic N) is 1. The van der Waals surface area contributed by atoms with Crippen molar-refractivity contribution in [2.75, 3.05) is 13.1 Å². The Hall–Kier alpha value is -0.450. The maximum absolute atomic E-state index is 14.2. The lowest BCUT2D eigenvalue weighted by molar-refractivity contribution is 0.00972. The summed E-state index contributed by atoms with van der Waals surface area (Å²) in [5, 5.41) is 3.68. The van der Waals surface area contributed by atoms with Crippen molar-refractivity contribution in [2.45, 2.75) is 58.2 Å². The Labute approximate surface area is 136 Å². The van der Waals surface area contributed by atoms with Crippen LogP contribution in [-0.4, -0.2) is 29.1 Å². The molecule has 1 N–H and O–H groups in total. The molecule has 0 aromatic heterocycles. The predicted molar refractivity (Wildman–Crippen MR) is 89.9 cm³/mol. The van der Waals surface area contributed by atoms with Gasteiger partial charge in [0.2, 0.25) is 0 Å². The molecule has 0 amide bonds. The quantitative estimate of drug-likeness (QED) is 0.863. The van der Waals surface area contributed by atoms with Crippen LogP contribution in [0.2, 0.25) is 0 Å². The van der Waals surface area contributed by atoms with Crippen LogP contribution in [0.25, 0.3) is 0 Å². The first-order valence-corrected chi connectivity index (χ1v) is 8.55. The van der Waals surface area contributed by atoms with E-state index in [4.69, 9.17) is 0 Å². The van der Waals surface area contributed by atoms with Crippen LogP contribution >= 0.6 is 15.9 Å². The van der Waals surface area contributed by atoms with E-state index in [0.717, 1.165) is 36.0 Å². The molecule has 1 aliphatic heterocycles. The van der Waals surface area contributed by atoms with Crippen LogP contribution < -0.4 is 5.32 Å². The van der Waals surface area contributed by atoms with Crippen molar-refractivity contribution in [1.82, 2.24) is 10.2 Å². The fourth-order valence-electron chi connectivity index (χ4n) is 2.87. The molecule has 1 saturated heterocycles. The van der Waals surface area contributed by atoms with Crippen LogP contribution in [0.4, 0.5) is 4.39 Å². The summed E-state index contributed by atoms with van der Waals surface area (Å²) in [5.74, 6) is -0.125. The second kappa shape index (κ2) is 6.35. The summed E-state index contributed by atoms with van der Waals surface area (Å²) >= 11 is 3.32. The van der Waals surface area contributed by atoms with Crippen molar-refractivity contribution >= 4 is 15.9 Å². The van der Waals surface area contributed by atoms with Crippen LogP contribution in [0.5, 0.6) is 0 Å². The lowest BCUT2D eigenvalue weighted by atomic mass is 9.85. The van der Waals surface area contributed by atoms with Gasteiger partial charge in [0.1, 0.15) is 5.82 Å². The molecule has 0 aliphatic carbocycles. The molecule has 1 aromatic carbocycles. The largest absolute Gasteiger partial charge is 0.308 e. The molecular formula is C17H26BrFN2. The molecule has 0 bridgehead atoms. The van der Waals surface area contributed by atoms with Crippen LogP contribution in [0.3, 0.4) is 0 Å². The Morgan fingerprint density at radius 2 is 2.00 bits per heavy atom. The van der Waals surface area contributed by atoms with Gasteiger partial charge < -0.3 is 5.32 Å². The zero-order chi connectivity index (χ0) is 15.7. The molecule has 2 rings (SSSR count). The van der Waals surface area contributed by atoms with Crippen LogP contribution in [-0.2, 0) is 6.54 Å². The molecule has 1 fully saturated rings. The van der Waals surface area contributed by atoms with Gasteiger partial charge in [-0.2, -0.15) is 0 Å². The molecule has 2 atom stereocenters. The van der Waals surface area contributed by atoms with Gasteiger partial charge in [-0.1, -0.05) is 35.8 Å². The Bertz CT molecular complexity index is 508. The number of rotatable bonds is 4. The van der Waals surface area contributed by atoms with Gasteiger partial charge in [-0.3, -0.25) is 4.90 Å². The summed E-state index contributed by atoms with van der Waals surface area (Å²) in [6, 6.07) is 5.36. The summed E-state index contributed by atoms with van der Waals surface area (Å²) in [6.45, 7) is 11.5. The third kappa shape index (κ3) is 3.66. The molecule has 2 unspecified atom stereocenters. The van der Waals surface area contributed by atoms with Crippen molar-refractivity contribution in [3.8, 4) is 0 Å². The summed E-state index contributed by atoms with van der Waals surface area (Å²) in [4.78, 5) is 2.44. The fourth-order valence-corrected chi connectivity index (χ4v) is 3.20. The molecule has 4 heteroatoms. The first-order valence-electron chi connectivity index (χ1n) is 7.76. The normalized spacial score (nSPS) is 30.6. The lowest BCUT2D eigenvalue weighted by Crippen LogP contribution is -2.67. The monoisotopic (exact) mass is 356 g/mol. The molecule has 0 radical (unpaired) electrons. The molecule has 0 spiro atoms. The van der Waals surface area contributed by atoms with E-state index in [1.165, 1.54) is 0 Å². The van der Waals surface area contributed by atoms with Crippen LogP contribution in [0, 0.1) is 5.82 Å². The average molecular weight is 357 g/mol. The van der Waals surface area contributed by atoms with Crippen molar-refractivity contribution in [1.29, 1.82) is 0 Å². The Kier molecular flexibility index (Phi) is 5.11. The van der Waals surface area contributed by atoms with Gasteiger partial charge in [-0.15, -0.1) is 0 Å². The number of hydrogen-bond donors (Lipinski definition) is 1. The van der Waals surface area contributed by atoms with Gasteiger partial charge in [-0.05, 0) is 38.8 Å². The number of benzene rings is 1. The van der Waals surface area contributed by atoms with E-state index in [1.807, 2.05) is 12.1 Å². The van der Waals surface area contributed by atoms with E-state index >= 15 is 0 Å². The summed E-state index contributed by atoms with van der Waals surface area (Å²) < 4.78 is 15.0. The zero-order valence-corrected chi connectivity index (χ0v) is 15.1. The van der Waals surface area contributed by atoms with E-state index < -0.39 is 0 Å². The van der Waals surface area contributed by atoms with Crippen LogP contribution in [0.15, 0.2) is 22.7 Å². The highest BCUT2D eigenvalue weighted by atomic mass is 79.9. The smallest absolute Gasteiger partial charge is 0.128 e. The Balaban J connectivity index is 2.24. The molecule has 2 nitrogen and oxygen atoms in total. The molecular weight excluding hydrogens is 331 g/mol. The standard InChI is InChI=1S/C17H26BrFN2/c1-5-16(3)12-21(17(4,6-2)11-20-16)10-13-7-8-14(18)9-15(13)19/h7-9,20H,5-6,10-12H2,1-4H3. The van der Waals surface area contributed by atoms with Gasteiger partial charge in [-0.25, -0.2) is 4.39 Å². The van der Waals surface area contributed by atoms with E-state index in [1.54, 1.807) is 6.07 Å². The SMILES string of the molecule is CCC1(C)CN(Cc2ccc(Br)cc2F)C(C)(CC)CN1. The highest BCUT2D eigenvalue weighted by Gasteiger charge is 2.40. The number of nitrogens with one attached hydrogen (secondary N) is 1. The minimum atomic E-state index is -0.125. The number of hydrogen-bond acceptors (Lipinski definition) is 2. The average Bonchev–Trinajstić information content (AvgIpc) is 2.46. The summed E-state index contributed by atoms with van der Waals surface area (Å²) in [6.07, 6.45) is 2.13. The minimum absolute atomic E-state index is 0.0776. The summed E-state index contributed by atoms with van der Waals surface area (Å²) in [7, 11) is 0. The zero-order valence-electron chi connectivity index (χ0n) is 13.5. The third-order valence-electron chi connectivity index (χ3n) is 5.12. The maximum atomic E-state index is 14.2.